The Morgan fingerprint density at radius 3 is 2.50 bits per heavy atom. The Labute approximate surface area is 115 Å². The van der Waals surface area contributed by atoms with Crippen LogP contribution in [0.15, 0.2) is 35.9 Å². The van der Waals surface area contributed by atoms with Crippen molar-refractivity contribution >= 4 is 11.7 Å². The van der Waals surface area contributed by atoms with E-state index in [0.29, 0.717) is 17.8 Å². The first kappa shape index (κ1) is 15.2. The second kappa shape index (κ2) is 6.89. The number of nitrogens with zero attached hydrogens (tertiary/aromatic N) is 3. The molecule has 0 atom stereocenters. The van der Waals surface area contributed by atoms with Crippen molar-refractivity contribution in [1.29, 1.82) is 5.26 Å². The Kier molecular flexibility index (Phi) is 5.23. The van der Waals surface area contributed by atoms with Crippen molar-refractivity contribution in [1.82, 2.24) is 4.90 Å². The van der Waals surface area contributed by atoms with Gasteiger partial charge in [0.25, 0.3) is 0 Å². The topological polar surface area (TPSA) is 96.5 Å². The number of rotatable bonds is 5. The minimum absolute atomic E-state index is 0.294. The molecule has 1 aromatic rings. The van der Waals surface area contributed by atoms with Crippen molar-refractivity contribution in [3.63, 3.8) is 0 Å². The molecule has 0 heterocycles. The number of carbonyl (C=O) groups is 1. The molecule has 0 radical (unpaired) electrons. The molecule has 104 valence electrons. The van der Waals surface area contributed by atoms with Gasteiger partial charge in [-0.15, -0.1) is 10.1 Å². The Morgan fingerprint density at radius 2 is 2.05 bits per heavy atom. The van der Waals surface area contributed by atoms with Crippen molar-refractivity contribution < 1.29 is 14.7 Å². The fraction of sp³-hybridized carbons (Fsp3) is 0.231. The second-order valence-corrected chi connectivity index (χ2v) is 3.82. The third-order valence-electron chi connectivity index (χ3n) is 2.61. The molecule has 0 aliphatic carbocycles. The summed E-state index contributed by atoms with van der Waals surface area (Å²) in [6, 6.07) is 10.4. The highest BCUT2D eigenvalue weighted by molar-refractivity contribution is 6.00. The summed E-state index contributed by atoms with van der Waals surface area (Å²) >= 11 is 0. The molecule has 0 aliphatic rings. The van der Waals surface area contributed by atoms with Gasteiger partial charge in [0.1, 0.15) is 11.6 Å². The maximum atomic E-state index is 11.6. The van der Waals surface area contributed by atoms with Gasteiger partial charge in [0.15, 0.2) is 0 Å². The number of hydrogen-bond donors (Lipinski definition) is 0. The van der Waals surface area contributed by atoms with Gasteiger partial charge in [-0.2, -0.15) is 5.26 Å². The van der Waals surface area contributed by atoms with Crippen LogP contribution in [-0.2, 0) is 9.63 Å². The van der Waals surface area contributed by atoms with Gasteiger partial charge in [-0.1, -0.05) is 30.3 Å². The Hall–Kier alpha value is -2.88. The molecule has 7 heteroatoms. The summed E-state index contributed by atoms with van der Waals surface area (Å²) in [6.45, 7) is 2.35. The van der Waals surface area contributed by atoms with Gasteiger partial charge in [-0.05, 0) is 12.5 Å². The molecule has 7 nitrogen and oxygen atoms in total. The van der Waals surface area contributed by atoms with Crippen molar-refractivity contribution in [2.45, 2.75) is 6.92 Å². The molecule has 0 aliphatic heterocycles. The van der Waals surface area contributed by atoms with Crippen LogP contribution < -0.4 is 0 Å². The standard InChI is InChI=1S/C13H13N3O4/c1-3-15(2)12(10-7-5-4-6-8-10)11(9-14)13(17)20-16(18)19/h4-8H,3H2,1-2H3. The van der Waals surface area contributed by atoms with Crippen LogP contribution in [0.25, 0.3) is 5.70 Å². The average Bonchev–Trinajstić information content (AvgIpc) is 2.43. The van der Waals surface area contributed by atoms with E-state index in [1.165, 1.54) is 0 Å². The zero-order valence-electron chi connectivity index (χ0n) is 11.1. The minimum atomic E-state index is -1.28. The molecule has 0 unspecified atom stereocenters. The maximum Gasteiger partial charge on any atom is 0.347 e. The van der Waals surface area contributed by atoms with Crippen LogP contribution in [-0.4, -0.2) is 29.5 Å². The summed E-state index contributed by atoms with van der Waals surface area (Å²) in [5.41, 5.74) is 0.494. The van der Waals surface area contributed by atoms with E-state index in [2.05, 4.69) is 4.84 Å². The lowest BCUT2D eigenvalue weighted by Gasteiger charge is -2.22. The molecule has 0 amide bonds. The summed E-state index contributed by atoms with van der Waals surface area (Å²) in [6.07, 6.45) is 0. The van der Waals surface area contributed by atoms with E-state index < -0.39 is 16.6 Å². The van der Waals surface area contributed by atoms with Gasteiger partial charge >= 0.3 is 11.1 Å². The van der Waals surface area contributed by atoms with Gasteiger partial charge in [0.05, 0.1) is 5.70 Å². The maximum absolute atomic E-state index is 11.6. The largest absolute Gasteiger partial charge is 0.373 e. The van der Waals surface area contributed by atoms with Crippen molar-refractivity contribution in [3.05, 3.63) is 51.6 Å². The Morgan fingerprint density at radius 1 is 1.45 bits per heavy atom. The Balaban J connectivity index is 3.39. The zero-order chi connectivity index (χ0) is 15.1. The van der Waals surface area contributed by atoms with Crippen LogP contribution in [0.2, 0.25) is 0 Å². The van der Waals surface area contributed by atoms with Crippen molar-refractivity contribution in [2.75, 3.05) is 13.6 Å². The number of hydrogen-bond acceptors (Lipinski definition) is 6. The highest BCUT2D eigenvalue weighted by Crippen LogP contribution is 2.22. The summed E-state index contributed by atoms with van der Waals surface area (Å²) in [7, 11) is 1.68. The van der Waals surface area contributed by atoms with E-state index in [4.69, 9.17) is 5.26 Å². The van der Waals surface area contributed by atoms with E-state index in [9.17, 15) is 14.9 Å². The van der Waals surface area contributed by atoms with Gasteiger partial charge in [0.2, 0.25) is 0 Å². The average molecular weight is 275 g/mol. The number of nitriles is 1. The summed E-state index contributed by atoms with van der Waals surface area (Å²) in [5.74, 6) is -1.28. The van der Waals surface area contributed by atoms with Crippen LogP contribution >= 0.6 is 0 Å². The van der Waals surface area contributed by atoms with Crippen molar-refractivity contribution in [3.8, 4) is 6.07 Å². The van der Waals surface area contributed by atoms with E-state index in [0.717, 1.165) is 0 Å². The van der Waals surface area contributed by atoms with Gasteiger partial charge in [-0.25, -0.2) is 4.84 Å². The quantitative estimate of drug-likeness (QED) is 0.350. The van der Waals surface area contributed by atoms with E-state index in [-0.39, 0.29) is 0 Å². The van der Waals surface area contributed by atoms with E-state index >= 15 is 0 Å². The second-order valence-electron chi connectivity index (χ2n) is 3.82. The first-order valence-electron chi connectivity index (χ1n) is 5.78. The third-order valence-corrected chi connectivity index (χ3v) is 2.61. The number of benzene rings is 1. The lowest BCUT2D eigenvalue weighted by molar-refractivity contribution is -0.728. The molecular weight excluding hydrogens is 262 g/mol. The molecule has 1 rings (SSSR count). The molecule has 0 spiro atoms. The fourth-order valence-electron chi connectivity index (χ4n) is 1.62. The first-order valence-corrected chi connectivity index (χ1v) is 5.78. The zero-order valence-corrected chi connectivity index (χ0v) is 11.1. The van der Waals surface area contributed by atoms with Crippen molar-refractivity contribution in [2.24, 2.45) is 0 Å². The monoisotopic (exact) mass is 275 g/mol. The van der Waals surface area contributed by atoms with Crippen LogP contribution in [0.1, 0.15) is 12.5 Å². The summed E-state index contributed by atoms with van der Waals surface area (Å²) in [4.78, 5) is 27.4. The molecule has 0 saturated heterocycles. The fourth-order valence-corrected chi connectivity index (χ4v) is 1.62. The molecular formula is C13H13N3O4. The first-order chi connectivity index (χ1) is 9.51. The van der Waals surface area contributed by atoms with Crippen LogP contribution in [0.3, 0.4) is 0 Å². The lowest BCUT2D eigenvalue weighted by Crippen LogP contribution is -2.22. The van der Waals surface area contributed by atoms with Gasteiger partial charge in [-0.3, -0.25) is 4.79 Å². The summed E-state index contributed by atoms with van der Waals surface area (Å²) in [5, 5.41) is 18.1. The summed E-state index contributed by atoms with van der Waals surface area (Å²) < 4.78 is 0. The third kappa shape index (κ3) is 3.55. The number of carbonyl (C=O) groups excluding carboxylic acids is 1. The molecule has 1 aromatic carbocycles. The van der Waals surface area contributed by atoms with Crippen LogP contribution in [0.4, 0.5) is 0 Å². The SMILES string of the molecule is CCN(C)C(=C(C#N)C(=O)O[N+](=O)[O-])c1ccccc1. The van der Waals surface area contributed by atoms with Gasteiger partial charge < -0.3 is 4.90 Å². The van der Waals surface area contributed by atoms with Crippen LogP contribution in [0, 0.1) is 21.4 Å². The molecule has 0 N–H and O–H groups in total. The van der Waals surface area contributed by atoms with Crippen LogP contribution in [0.5, 0.6) is 0 Å². The molecule has 0 saturated carbocycles. The molecule has 0 fully saturated rings. The predicted octanol–water partition coefficient (Wildman–Crippen LogP) is 1.61. The van der Waals surface area contributed by atoms with E-state index in [1.54, 1.807) is 48.3 Å². The molecule has 0 aromatic heterocycles. The predicted molar refractivity (Wildman–Crippen MR) is 70.4 cm³/mol. The lowest BCUT2D eigenvalue weighted by atomic mass is 10.1. The Bertz CT molecular complexity index is 575. The molecule has 0 bridgehead atoms. The molecule has 20 heavy (non-hydrogen) atoms. The minimum Gasteiger partial charge on any atom is -0.373 e. The highest BCUT2D eigenvalue weighted by atomic mass is 17.0. The highest BCUT2D eigenvalue weighted by Gasteiger charge is 2.22. The van der Waals surface area contributed by atoms with E-state index in [1.807, 2.05) is 6.92 Å². The van der Waals surface area contributed by atoms with Gasteiger partial charge in [0, 0.05) is 13.6 Å². The smallest absolute Gasteiger partial charge is 0.347 e. The normalized spacial score (nSPS) is 11.1.